The number of halogens is 6. The van der Waals surface area contributed by atoms with Gasteiger partial charge in [0, 0.05) is 29.6 Å². The Morgan fingerprint density at radius 1 is 0.973 bits per heavy atom. The van der Waals surface area contributed by atoms with E-state index in [0.29, 0.717) is 12.0 Å². The largest absolute Gasteiger partial charge is 0.416 e. The van der Waals surface area contributed by atoms with Gasteiger partial charge in [0.15, 0.2) is 0 Å². The second-order valence-corrected chi connectivity index (χ2v) is 8.66. The van der Waals surface area contributed by atoms with Crippen LogP contribution in [0, 0.1) is 11.6 Å². The van der Waals surface area contributed by atoms with Gasteiger partial charge in [0.1, 0.15) is 11.6 Å². The van der Waals surface area contributed by atoms with Crippen LogP contribution in [-0.4, -0.2) is 18.0 Å². The van der Waals surface area contributed by atoms with Gasteiger partial charge in [-0.3, -0.25) is 4.79 Å². The summed E-state index contributed by atoms with van der Waals surface area (Å²) < 4.78 is 65.2. The second kappa shape index (κ2) is 11.2. The number of hydrogen-bond donors (Lipinski definition) is 4. The van der Waals surface area contributed by atoms with E-state index in [1.165, 1.54) is 24.3 Å². The molecule has 4 N–H and O–H groups in total. The molecule has 0 aromatic heterocycles. The highest BCUT2D eigenvalue weighted by atomic mass is 35.5. The zero-order valence-electron chi connectivity index (χ0n) is 19.0. The summed E-state index contributed by atoms with van der Waals surface area (Å²) in [5.41, 5.74) is 6.52. The Balaban J connectivity index is 1.50. The molecule has 0 aliphatic carbocycles. The molecule has 3 aromatic rings. The molecule has 1 heterocycles. The third-order valence-electron chi connectivity index (χ3n) is 5.62. The minimum absolute atomic E-state index is 0.0179. The van der Waals surface area contributed by atoms with Crippen LogP contribution in [0.4, 0.5) is 22.0 Å². The number of aliphatic imine (C=N–C) groups is 1. The molecule has 1 aliphatic heterocycles. The van der Waals surface area contributed by atoms with Gasteiger partial charge in [0.25, 0.3) is 5.91 Å². The number of carbonyl (C=O) groups is 1. The number of benzene rings is 3. The van der Waals surface area contributed by atoms with Crippen molar-refractivity contribution in [2.24, 2.45) is 4.99 Å². The lowest BCUT2D eigenvalue weighted by molar-refractivity contribution is -0.137. The van der Waals surface area contributed by atoms with Crippen molar-refractivity contribution in [1.82, 2.24) is 21.5 Å². The number of guanidine groups is 1. The molecule has 12 heteroatoms. The zero-order valence-corrected chi connectivity index (χ0v) is 19.8. The highest BCUT2D eigenvalue weighted by molar-refractivity contribution is 6.31. The van der Waals surface area contributed by atoms with Gasteiger partial charge in [0.05, 0.1) is 11.7 Å². The van der Waals surface area contributed by atoms with E-state index in [4.69, 9.17) is 11.6 Å². The highest BCUT2D eigenvalue weighted by Crippen LogP contribution is 2.29. The lowest BCUT2D eigenvalue weighted by atomic mass is 10.0. The summed E-state index contributed by atoms with van der Waals surface area (Å²) in [6.07, 6.45) is -4.47. The fourth-order valence-corrected chi connectivity index (χ4v) is 3.90. The molecule has 3 aromatic carbocycles. The van der Waals surface area contributed by atoms with Gasteiger partial charge in [0.2, 0.25) is 5.96 Å². The Hall–Kier alpha value is -3.54. The van der Waals surface area contributed by atoms with Crippen molar-refractivity contribution in [2.45, 2.75) is 31.3 Å². The topological polar surface area (TPSA) is 77.5 Å². The van der Waals surface area contributed by atoms with E-state index < -0.39 is 29.6 Å². The molecular weight excluding hydrogens is 517 g/mol. The summed E-state index contributed by atoms with van der Waals surface area (Å²) in [5, 5.41) is 6.14. The minimum Gasteiger partial charge on any atom is -0.352 e. The highest BCUT2D eigenvalue weighted by Gasteiger charge is 2.30. The summed E-state index contributed by atoms with van der Waals surface area (Å²) in [5.74, 6) is -1.63. The van der Waals surface area contributed by atoms with Crippen molar-refractivity contribution in [2.75, 3.05) is 0 Å². The smallest absolute Gasteiger partial charge is 0.352 e. The molecule has 1 fully saturated rings. The first-order valence-electron chi connectivity index (χ1n) is 11.1. The average molecular weight is 538 g/mol. The molecule has 194 valence electrons. The third-order valence-corrected chi connectivity index (χ3v) is 5.97. The Morgan fingerprint density at radius 2 is 1.65 bits per heavy atom. The Bertz CT molecular complexity index is 1280. The van der Waals surface area contributed by atoms with E-state index in [1.807, 2.05) is 0 Å². The van der Waals surface area contributed by atoms with Crippen molar-refractivity contribution in [1.29, 1.82) is 0 Å². The zero-order chi connectivity index (χ0) is 26.6. The molecule has 1 amide bonds. The van der Waals surface area contributed by atoms with Gasteiger partial charge in [-0.15, -0.1) is 0 Å². The van der Waals surface area contributed by atoms with Crippen LogP contribution in [0.25, 0.3) is 0 Å². The van der Waals surface area contributed by atoms with E-state index in [-0.39, 0.29) is 34.9 Å². The monoisotopic (exact) mass is 537 g/mol. The molecule has 6 nitrogen and oxygen atoms in total. The first kappa shape index (κ1) is 26.5. The molecule has 0 saturated carbocycles. The van der Waals surface area contributed by atoms with Crippen LogP contribution >= 0.6 is 11.6 Å². The molecule has 1 aliphatic rings. The maximum absolute atomic E-state index is 13.4. The first-order valence-corrected chi connectivity index (χ1v) is 11.5. The normalized spacial score (nSPS) is 18.1. The van der Waals surface area contributed by atoms with Crippen LogP contribution < -0.4 is 21.5 Å². The lowest BCUT2D eigenvalue weighted by Gasteiger charge is -2.17. The molecule has 0 bridgehead atoms. The van der Waals surface area contributed by atoms with E-state index in [1.54, 1.807) is 12.1 Å². The number of carbonyl (C=O) groups excluding carboxylic acids is 1. The van der Waals surface area contributed by atoms with Gasteiger partial charge in [-0.05, 0) is 59.7 Å². The maximum atomic E-state index is 13.4. The predicted octanol–water partition coefficient (Wildman–Crippen LogP) is 5.08. The van der Waals surface area contributed by atoms with Crippen molar-refractivity contribution < 1.29 is 26.7 Å². The van der Waals surface area contributed by atoms with Crippen LogP contribution in [-0.2, 0) is 12.7 Å². The number of amides is 1. The van der Waals surface area contributed by atoms with Crippen LogP contribution in [0.5, 0.6) is 0 Å². The molecule has 0 spiro atoms. The summed E-state index contributed by atoms with van der Waals surface area (Å²) in [6, 6.07) is 13.4. The van der Waals surface area contributed by atoms with Crippen molar-refractivity contribution in [3.8, 4) is 0 Å². The number of hydrazine groups is 1. The summed E-state index contributed by atoms with van der Waals surface area (Å²) >= 11 is 6.09. The average Bonchev–Trinajstić information content (AvgIpc) is 3.31. The van der Waals surface area contributed by atoms with E-state index >= 15 is 0 Å². The molecule has 0 radical (unpaired) electrons. The van der Waals surface area contributed by atoms with E-state index in [0.717, 1.165) is 35.9 Å². The van der Waals surface area contributed by atoms with Gasteiger partial charge in [-0.2, -0.15) is 18.2 Å². The second-order valence-electron chi connectivity index (χ2n) is 8.26. The number of rotatable bonds is 5. The van der Waals surface area contributed by atoms with Gasteiger partial charge in [-0.25, -0.2) is 19.6 Å². The van der Waals surface area contributed by atoms with Crippen LogP contribution in [0.1, 0.15) is 39.5 Å². The van der Waals surface area contributed by atoms with E-state index in [2.05, 4.69) is 26.5 Å². The Morgan fingerprint density at radius 3 is 2.30 bits per heavy atom. The standard InChI is InChI=1S/C25H21ClF5N5O/c26-20-11-19(28)10-5-16(20)13-32-24(34-23(37)15-1-6-17(7-2-15)25(29,30)31)33-22-12-21(35-36-22)14-3-8-18(27)9-4-14/h1-11,21-22,35-36H,12-13H2,(H2,32,33,34,37). The van der Waals surface area contributed by atoms with Crippen molar-refractivity contribution >= 4 is 23.5 Å². The lowest BCUT2D eigenvalue weighted by Crippen LogP contribution is -2.49. The van der Waals surface area contributed by atoms with Gasteiger partial charge < -0.3 is 10.6 Å². The SMILES string of the molecule is O=C(/N=C(/NCc1ccc(F)cc1Cl)NC1CC(c2ccc(F)cc2)NN1)c1ccc(C(F)(F)F)cc1. The molecule has 2 unspecified atom stereocenters. The quantitative estimate of drug-likeness (QED) is 0.207. The number of alkyl halides is 3. The summed E-state index contributed by atoms with van der Waals surface area (Å²) in [4.78, 5) is 16.7. The number of nitrogens with one attached hydrogen (secondary N) is 4. The molecular formula is C25H21ClF5N5O. The van der Waals surface area contributed by atoms with Crippen molar-refractivity contribution in [3.05, 3.63) is 106 Å². The molecule has 37 heavy (non-hydrogen) atoms. The fourth-order valence-electron chi connectivity index (χ4n) is 3.66. The predicted molar refractivity (Wildman–Crippen MR) is 128 cm³/mol. The number of nitrogens with zero attached hydrogens (tertiary/aromatic N) is 1. The van der Waals surface area contributed by atoms with E-state index in [9.17, 15) is 26.7 Å². The molecule has 2 atom stereocenters. The maximum Gasteiger partial charge on any atom is 0.416 e. The molecule has 4 rings (SSSR count). The number of hydrogen-bond acceptors (Lipinski definition) is 3. The summed E-state index contributed by atoms with van der Waals surface area (Å²) in [7, 11) is 0. The Kier molecular flexibility index (Phi) is 8.06. The van der Waals surface area contributed by atoms with Crippen molar-refractivity contribution in [3.63, 3.8) is 0 Å². The summed E-state index contributed by atoms with van der Waals surface area (Å²) in [6.45, 7) is 0.0762. The molecule has 1 saturated heterocycles. The van der Waals surface area contributed by atoms with Crippen LogP contribution in [0.3, 0.4) is 0 Å². The minimum atomic E-state index is -4.53. The van der Waals surface area contributed by atoms with Gasteiger partial charge in [-0.1, -0.05) is 29.8 Å². The van der Waals surface area contributed by atoms with Gasteiger partial charge >= 0.3 is 6.18 Å². The Labute approximate surface area is 213 Å². The third kappa shape index (κ3) is 7.03. The fraction of sp³-hybridized carbons (Fsp3) is 0.200. The van der Waals surface area contributed by atoms with Crippen LogP contribution in [0.15, 0.2) is 71.7 Å². The van der Waals surface area contributed by atoms with Crippen LogP contribution in [0.2, 0.25) is 5.02 Å². The first-order chi connectivity index (χ1) is 17.6.